The minimum absolute atomic E-state index is 0.0169. The molecule has 1 aliphatic carbocycles. The number of hydrogen-bond acceptors (Lipinski definition) is 5. The second-order valence-electron chi connectivity index (χ2n) is 10.6. The van der Waals surface area contributed by atoms with Gasteiger partial charge in [-0.05, 0) is 70.2 Å². The minimum atomic E-state index is -4.58. The first-order valence-corrected chi connectivity index (χ1v) is 13.2. The number of nitrogens with zero attached hydrogens (tertiary/aromatic N) is 2. The molecule has 0 spiro atoms. The standard InChI is InChI=1S/C28H32F3N5O4/c1-16-4-5-17(2)36(16)25(39)20-8-6-19(7-9-20)18(3)34-26(40)27(10-11-27)35-24(38)22-12-21(13-32-14-22)23(37)33-15-28(29,30)31/h6-9,12-14,16-18H,4-5,10-11,15H2,1-3H3,(H,33,37)(H,34,40)(H,35,38)/t16?,17?,18-/m1/s1. The van der Waals surface area contributed by atoms with Gasteiger partial charge in [-0.2, -0.15) is 13.2 Å². The Kier molecular flexibility index (Phi) is 8.18. The fourth-order valence-electron chi connectivity index (χ4n) is 4.87. The molecule has 3 atom stereocenters. The van der Waals surface area contributed by atoms with Crippen molar-refractivity contribution in [3.05, 3.63) is 65.0 Å². The van der Waals surface area contributed by atoms with Crippen molar-refractivity contribution < 1.29 is 32.3 Å². The first-order valence-electron chi connectivity index (χ1n) is 13.2. The van der Waals surface area contributed by atoms with Crippen molar-refractivity contribution in [3.8, 4) is 0 Å². The van der Waals surface area contributed by atoms with E-state index < -0.39 is 36.1 Å². The van der Waals surface area contributed by atoms with Crippen LogP contribution in [-0.4, -0.2) is 63.9 Å². The third-order valence-corrected chi connectivity index (χ3v) is 7.44. The van der Waals surface area contributed by atoms with Gasteiger partial charge in [0.2, 0.25) is 5.91 Å². The first-order chi connectivity index (χ1) is 18.8. The van der Waals surface area contributed by atoms with Gasteiger partial charge in [0.05, 0.1) is 17.2 Å². The minimum Gasteiger partial charge on any atom is -0.348 e. The number of rotatable bonds is 8. The van der Waals surface area contributed by atoms with Gasteiger partial charge in [0.15, 0.2) is 0 Å². The largest absolute Gasteiger partial charge is 0.405 e. The van der Waals surface area contributed by atoms with E-state index in [4.69, 9.17) is 0 Å². The summed E-state index contributed by atoms with van der Waals surface area (Å²) >= 11 is 0. The van der Waals surface area contributed by atoms with Gasteiger partial charge in [-0.25, -0.2) is 0 Å². The van der Waals surface area contributed by atoms with Crippen LogP contribution in [0.15, 0.2) is 42.7 Å². The molecule has 1 aliphatic heterocycles. The summed E-state index contributed by atoms with van der Waals surface area (Å²) in [7, 11) is 0. The normalized spacial score (nSPS) is 20.4. The van der Waals surface area contributed by atoms with Crippen LogP contribution in [-0.2, 0) is 4.79 Å². The van der Waals surface area contributed by atoms with Crippen LogP contribution in [0.3, 0.4) is 0 Å². The van der Waals surface area contributed by atoms with Crippen molar-refractivity contribution in [2.24, 2.45) is 0 Å². The van der Waals surface area contributed by atoms with E-state index in [1.165, 1.54) is 6.20 Å². The molecule has 1 aromatic carbocycles. The van der Waals surface area contributed by atoms with E-state index in [9.17, 15) is 32.3 Å². The summed E-state index contributed by atoms with van der Waals surface area (Å²) in [5, 5.41) is 7.30. The maximum Gasteiger partial charge on any atom is 0.405 e. The number of carbonyl (C=O) groups is 4. The van der Waals surface area contributed by atoms with E-state index >= 15 is 0 Å². The number of nitrogens with one attached hydrogen (secondary N) is 3. The molecule has 3 N–H and O–H groups in total. The summed E-state index contributed by atoms with van der Waals surface area (Å²) in [5.41, 5.74) is -0.0465. The number of pyridine rings is 1. The van der Waals surface area contributed by atoms with Crippen LogP contribution in [0, 0.1) is 0 Å². The van der Waals surface area contributed by atoms with E-state index in [-0.39, 0.29) is 35.0 Å². The lowest BCUT2D eigenvalue weighted by Gasteiger charge is -2.26. The second kappa shape index (κ2) is 11.3. The SMILES string of the molecule is CC1CCC(C)N1C(=O)c1ccc([C@@H](C)NC(=O)C2(NC(=O)c3cncc(C(=O)NCC(F)(F)F)c3)CC2)cc1. The zero-order chi connectivity index (χ0) is 29.2. The van der Waals surface area contributed by atoms with Gasteiger partial charge in [0.25, 0.3) is 17.7 Å². The molecule has 214 valence electrons. The van der Waals surface area contributed by atoms with Gasteiger partial charge >= 0.3 is 6.18 Å². The van der Waals surface area contributed by atoms with Crippen LogP contribution in [0.1, 0.15) is 89.1 Å². The summed E-state index contributed by atoms with van der Waals surface area (Å²) < 4.78 is 37.2. The maximum absolute atomic E-state index is 13.1. The van der Waals surface area contributed by atoms with Crippen LogP contribution < -0.4 is 16.0 Å². The molecule has 40 heavy (non-hydrogen) atoms. The monoisotopic (exact) mass is 559 g/mol. The van der Waals surface area contributed by atoms with E-state index in [1.807, 2.05) is 18.7 Å². The summed E-state index contributed by atoms with van der Waals surface area (Å²) in [6.07, 6.45) is 0.392. The van der Waals surface area contributed by atoms with Crippen LogP contribution in [0.5, 0.6) is 0 Å². The van der Waals surface area contributed by atoms with Gasteiger partial charge in [-0.15, -0.1) is 0 Å². The second-order valence-corrected chi connectivity index (χ2v) is 10.6. The molecule has 12 heteroatoms. The average Bonchev–Trinajstić information content (AvgIpc) is 3.63. The zero-order valence-corrected chi connectivity index (χ0v) is 22.5. The Bertz CT molecular complexity index is 1280. The van der Waals surface area contributed by atoms with Crippen molar-refractivity contribution in [2.45, 2.75) is 76.3 Å². The zero-order valence-electron chi connectivity index (χ0n) is 22.5. The lowest BCUT2D eigenvalue weighted by molar-refractivity contribution is -0.124. The Morgan fingerprint density at radius 3 is 2.10 bits per heavy atom. The molecule has 0 bridgehead atoms. The van der Waals surface area contributed by atoms with Crippen LogP contribution in [0.4, 0.5) is 13.2 Å². The summed E-state index contributed by atoms with van der Waals surface area (Å²) in [4.78, 5) is 56.6. The maximum atomic E-state index is 13.1. The summed E-state index contributed by atoms with van der Waals surface area (Å²) in [5.74, 6) is -2.10. The number of benzene rings is 1. The van der Waals surface area contributed by atoms with Crippen molar-refractivity contribution in [1.29, 1.82) is 0 Å². The lowest BCUT2D eigenvalue weighted by atomic mass is 10.0. The molecular formula is C28H32F3N5O4. The van der Waals surface area contributed by atoms with Crippen molar-refractivity contribution in [3.63, 3.8) is 0 Å². The fourth-order valence-corrected chi connectivity index (χ4v) is 4.87. The number of likely N-dealkylation sites (tertiary alicyclic amines) is 1. The van der Waals surface area contributed by atoms with Crippen molar-refractivity contribution >= 4 is 23.6 Å². The Balaban J connectivity index is 1.35. The Morgan fingerprint density at radius 2 is 1.55 bits per heavy atom. The molecule has 9 nitrogen and oxygen atoms in total. The molecule has 2 aliphatic rings. The van der Waals surface area contributed by atoms with Gasteiger partial charge in [-0.3, -0.25) is 24.2 Å². The van der Waals surface area contributed by atoms with E-state index in [0.717, 1.165) is 30.7 Å². The predicted molar refractivity (Wildman–Crippen MR) is 139 cm³/mol. The predicted octanol–water partition coefficient (Wildman–Crippen LogP) is 3.53. The van der Waals surface area contributed by atoms with Crippen LogP contribution in [0.2, 0.25) is 0 Å². The van der Waals surface area contributed by atoms with Gasteiger partial charge < -0.3 is 20.9 Å². The Morgan fingerprint density at radius 1 is 0.975 bits per heavy atom. The molecule has 4 amide bonds. The number of amides is 4. The van der Waals surface area contributed by atoms with Crippen molar-refractivity contribution in [2.75, 3.05) is 6.54 Å². The van der Waals surface area contributed by atoms with Crippen LogP contribution in [0.25, 0.3) is 0 Å². The highest BCUT2D eigenvalue weighted by Crippen LogP contribution is 2.36. The highest BCUT2D eigenvalue weighted by atomic mass is 19.4. The Hall–Kier alpha value is -3.96. The number of hydrogen-bond donors (Lipinski definition) is 3. The number of alkyl halides is 3. The number of halogens is 3. The molecule has 1 saturated carbocycles. The van der Waals surface area contributed by atoms with Gasteiger partial charge in [0.1, 0.15) is 12.1 Å². The van der Waals surface area contributed by atoms with E-state index in [0.29, 0.717) is 18.4 Å². The van der Waals surface area contributed by atoms with E-state index in [1.54, 1.807) is 36.5 Å². The fraction of sp³-hybridized carbons (Fsp3) is 0.464. The Labute approximate surface area is 229 Å². The molecule has 2 heterocycles. The van der Waals surface area contributed by atoms with Crippen LogP contribution >= 0.6 is 0 Å². The smallest absolute Gasteiger partial charge is 0.348 e. The van der Waals surface area contributed by atoms with Gasteiger partial charge in [0, 0.05) is 30.0 Å². The molecular weight excluding hydrogens is 527 g/mol. The molecule has 2 fully saturated rings. The van der Waals surface area contributed by atoms with E-state index in [2.05, 4.69) is 15.6 Å². The van der Waals surface area contributed by atoms with Gasteiger partial charge in [-0.1, -0.05) is 12.1 Å². The van der Waals surface area contributed by atoms with Crippen molar-refractivity contribution in [1.82, 2.24) is 25.8 Å². The lowest BCUT2D eigenvalue weighted by Crippen LogP contribution is -2.49. The molecule has 1 aromatic heterocycles. The first kappa shape index (κ1) is 29.0. The highest BCUT2D eigenvalue weighted by Gasteiger charge is 2.51. The molecule has 2 aromatic rings. The summed E-state index contributed by atoms with van der Waals surface area (Å²) in [6, 6.07) is 8.18. The molecule has 2 unspecified atom stereocenters. The molecule has 4 rings (SSSR count). The third kappa shape index (κ3) is 6.60. The quantitative estimate of drug-likeness (QED) is 0.457. The highest BCUT2D eigenvalue weighted by molar-refractivity contribution is 6.02. The summed E-state index contributed by atoms with van der Waals surface area (Å²) in [6.45, 7) is 4.37. The molecule has 0 radical (unpaired) electrons. The number of aromatic nitrogens is 1. The average molecular weight is 560 g/mol. The molecule has 1 saturated heterocycles. The third-order valence-electron chi connectivity index (χ3n) is 7.44. The topological polar surface area (TPSA) is 120 Å². The number of carbonyl (C=O) groups excluding carboxylic acids is 4.